The minimum Gasteiger partial charge on any atom is -0.381 e. The fourth-order valence-electron chi connectivity index (χ4n) is 2.63. The van der Waals surface area contributed by atoms with E-state index in [-0.39, 0.29) is 0 Å². The first kappa shape index (κ1) is 13.6. The minimum atomic E-state index is 0.382. The standard InChI is InChI=1S/C14H25N3O/c1-3-6-15-13(14-16-7-8-17(14)2)11-12-4-9-18-10-5-12/h7-8,12-13,15H,3-6,9-11H2,1-2H3. The minimum absolute atomic E-state index is 0.382. The number of rotatable bonds is 6. The van der Waals surface area contributed by atoms with Gasteiger partial charge in [-0.1, -0.05) is 6.92 Å². The summed E-state index contributed by atoms with van der Waals surface area (Å²) in [5, 5.41) is 3.64. The van der Waals surface area contributed by atoms with Gasteiger partial charge in [0.1, 0.15) is 5.82 Å². The summed E-state index contributed by atoms with van der Waals surface area (Å²) in [7, 11) is 2.08. The van der Waals surface area contributed by atoms with Gasteiger partial charge in [0, 0.05) is 32.7 Å². The maximum Gasteiger partial charge on any atom is 0.125 e. The highest BCUT2D eigenvalue weighted by Gasteiger charge is 2.22. The summed E-state index contributed by atoms with van der Waals surface area (Å²) in [6, 6.07) is 0.382. The van der Waals surface area contributed by atoms with Gasteiger partial charge in [-0.05, 0) is 38.1 Å². The molecule has 0 saturated carbocycles. The van der Waals surface area contributed by atoms with E-state index in [9.17, 15) is 0 Å². The van der Waals surface area contributed by atoms with E-state index in [1.165, 1.54) is 19.3 Å². The Morgan fingerprint density at radius 3 is 2.89 bits per heavy atom. The Hall–Kier alpha value is -0.870. The van der Waals surface area contributed by atoms with E-state index in [0.717, 1.165) is 37.9 Å². The Morgan fingerprint density at radius 1 is 1.50 bits per heavy atom. The van der Waals surface area contributed by atoms with Crippen LogP contribution in [-0.2, 0) is 11.8 Å². The average molecular weight is 251 g/mol. The zero-order valence-electron chi connectivity index (χ0n) is 11.6. The van der Waals surface area contributed by atoms with Crippen LogP contribution in [0.4, 0.5) is 0 Å². The van der Waals surface area contributed by atoms with E-state index >= 15 is 0 Å². The van der Waals surface area contributed by atoms with E-state index in [2.05, 4.69) is 28.8 Å². The molecule has 0 aliphatic carbocycles. The molecule has 0 spiro atoms. The largest absolute Gasteiger partial charge is 0.381 e. The topological polar surface area (TPSA) is 39.1 Å². The van der Waals surface area contributed by atoms with Gasteiger partial charge < -0.3 is 14.6 Å². The van der Waals surface area contributed by atoms with E-state index in [0.29, 0.717) is 6.04 Å². The van der Waals surface area contributed by atoms with Crippen LogP contribution in [0.5, 0.6) is 0 Å². The second-order valence-corrected chi connectivity index (χ2v) is 5.19. The lowest BCUT2D eigenvalue weighted by atomic mass is 9.92. The quantitative estimate of drug-likeness (QED) is 0.843. The number of imidazole rings is 1. The molecular weight excluding hydrogens is 226 g/mol. The predicted octanol–water partition coefficient (Wildman–Crippen LogP) is 2.28. The summed E-state index contributed by atoms with van der Waals surface area (Å²) in [6.45, 7) is 5.11. The fraction of sp³-hybridized carbons (Fsp3) is 0.786. The van der Waals surface area contributed by atoms with Crippen LogP contribution in [0.25, 0.3) is 0 Å². The van der Waals surface area contributed by atoms with Gasteiger partial charge in [-0.2, -0.15) is 0 Å². The third-order valence-electron chi connectivity index (χ3n) is 3.72. The first-order valence-electron chi connectivity index (χ1n) is 7.09. The number of aromatic nitrogens is 2. The van der Waals surface area contributed by atoms with Crippen molar-refractivity contribution >= 4 is 0 Å². The van der Waals surface area contributed by atoms with Crippen LogP contribution in [0.3, 0.4) is 0 Å². The predicted molar refractivity (Wildman–Crippen MR) is 72.4 cm³/mol. The zero-order valence-corrected chi connectivity index (χ0v) is 11.6. The van der Waals surface area contributed by atoms with Crippen LogP contribution in [-0.4, -0.2) is 29.3 Å². The van der Waals surface area contributed by atoms with Gasteiger partial charge in [-0.25, -0.2) is 4.98 Å². The monoisotopic (exact) mass is 251 g/mol. The molecule has 2 heterocycles. The second-order valence-electron chi connectivity index (χ2n) is 5.19. The summed E-state index contributed by atoms with van der Waals surface area (Å²) in [5.74, 6) is 1.93. The normalized spacial score (nSPS) is 19.0. The van der Waals surface area contributed by atoms with Gasteiger partial charge in [0.25, 0.3) is 0 Å². The summed E-state index contributed by atoms with van der Waals surface area (Å²) in [5.41, 5.74) is 0. The summed E-state index contributed by atoms with van der Waals surface area (Å²) >= 11 is 0. The Bertz CT molecular complexity index is 345. The highest BCUT2D eigenvalue weighted by Crippen LogP contribution is 2.26. The summed E-state index contributed by atoms with van der Waals surface area (Å²) in [6.07, 6.45) is 8.63. The highest BCUT2D eigenvalue weighted by molar-refractivity contribution is 4.99. The number of ether oxygens (including phenoxy) is 1. The maximum absolute atomic E-state index is 5.44. The third-order valence-corrected chi connectivity index (χ3v) is 3.72. The van der Waals surface area contributed by atoms with E-state index in [1.807, 2.05) is 12.4 Å². The van der Waals surface area contributed by atoms with Gasteiger partial charge in [-0.3, -0.25) is 0 Å². The van der Waals surface area contributed by atoms with Crippen LogP contribution in [0, 0.1) is 5.92 Å². The molecule has 0 aromatic carbocycles. The molecule has 0 amide bonds. The fourth-order valence-corrected chi connectivity index (χ4v) is 2.63. The maximum atomic E-state index is 5.44. The molecule has 1 fully saturated rings. The molecule has 1 aliphatic heterocycles. The van der Waals surface area contributed by atoms with Crippen molar-refractivity contribution in [1.29, 1.82) is 0 Å². The molecule has 0 radical (unpaired) electrons. The lowest BCUT2D eigenvalue weighted by Gasteiger charge is -2.27. The van der Waals surface area contributed by atoms with Crippen LogP contribution >= 0.6 is 0 Å². The number of aryl methyl sites for hydroxylation is 1. The van der Waals surface area contributed by atoms with Crippen molar-refractivity contribution in [2.45, 2.75) is 38.6 Å². The SMILES string of the molecule is CCCNC(CC1CCOCC1)c1nccn1C. The molecule has 102 valence electrons. The van der Waals surface area contributed by atoms with Crippen molar-refractivity contribution in [1.82, 2.24) is 14.9 Å². The Morgan fingerprint density at radius 2 is 2.28 bits per heavy atom. The summed E-state index contributed by atoms with van der Waals surface area (Å²) in [4.78, 5) is 4.50. The molecular formula is C14H25N3O. The first-order valence-corrected chi connectivity index (χ1v) is 7.09. The van der Waals surface area contributed by atoms with Crippen molar-refractivity contribution in [3.8, 4) is 0 Å². The molecule has 1 aromatic rings. The van der Waals surface area contributed by atoms with Crippen molar-refractivity contribution in [3.63, 3.8) is 0 Å². The van der Waals surface area contributed by atoms with Crippen LogP contribution in [0.2, 0.25) is 0 Å². The van der Waals surface area contributed by atoms with Crippen LogP contribution in [0.15, 0.2) is 12.4 Å². The molecule has 1 unspecified atom stereocenters. The zero-order chi connectivity index (χ0) is 12.8. The molecule has 4 heteroatoms. The molecule has 1 aromatic heterocycles. The molecule has 0 bridgehead atoms. The molecule has 1 saturated heterocycles. The molecule has 1 N–H and O–H groups in total. The van der Waals surface area contributed by atoms with E-state index < -0.39 is 0 Å². The van der Waals surface area contributed by atoms with Crippen molar-refractivity contribution in [3.05, 3.63) is 18.2 Å². The van der Waals surface area contributed by atoms with Crippen LogP contribution in [0.1, 0.15) is 44.5 Å². The van der Waals surface area contributed by atoms with E-state index in [1.54, 1.807) is 0 Å². The van der Waals surface area contributed by atoms with Crippen LogP contribution < -0.4 is 5.32 Å². The lowest BCUT2D eigenvalue weighted by Crippen LogP contribution is -2.28. The van der Waals surface area contributed by atoms with Gasteiger partial charge in [0.05, 0.1) is 6.04 Å². The molecule has 4 nitrogen and oxygen atoms in total. The Balaban J connectivity index is 1.98. The van der Waals surface area contributed by atoms with Gasteiger partial charge >= 0.3 is 0 Å². The van der Waals surface area contributed by atoms with Gasteiger partial charge in [0.15, 0.2) is 0 Å². The van der Waals surface area contributed by atoms with Gasteiger partial charge in [0.2, 0.25) is 0 Å². The lowest BCUT2D eigenvalue weighted by molar-refractivity contribution is 0.0601. The number of nitrogens with one attached hydrogen (secondary N) is 1. The van der Waals surface area contributed by atoms with Crippen molar-refractivity contribution < 1.29 is 4.74 Å². The average Bonchev–Trinajstić information content (AvgIpc) is 2.82. The second kappa shape index (κ2) is 6.90. The number of hydrogen-bond acceptors (Lipinski definition) is 3. The smallest absolute Gasteiger partial charge is 0.125 e. The van der Waals surface area contributed by atoms with Gasteiger partial charge in [-0.15, -0.1) is 0 Å². The molecule has 1 atom stereocenters. The Labute approximate surface area is 110 Å². The number of nitrogens with zero attached hydrogens (tertiary/aromatic N) is 2. The summed E-state index contributed by atoms with van der Waals surface area (Å²) < 4.78 is 7.57. The first-order chi connectivity index (χ1) is 8.81. The number of hydrogen-bond donors (Lipinski definition) is 1. The molecule has 1 aliphatic rings. The third kappa shape index (κ3) is 3.56. The molecule has 2 rings (SSSR count). The highest BCUT2D eigenvalue weighted by atomic mass is 16.5. The Kier molecular flexibility index (Phi) is 5.20. The van der Waals surface area contributed by atoms with E-state index in [4.69, 9.17) is 4.74 Å². The van der Waals surface area contributed by atoms with Crippen molar-refractivity contribution in [2.75, 3.05) is 19.8 Å². The molecule has 18 heavy (non-hydrogen) atoms. The van der Waals surface area contributed by atoms with Crippen molar-refractivity contribution in [2.24, 2.45) is 13.0 Å².